The second-order valence-corrected chi connectivity index (χ2v) is 7.58. The average molecular weight is 394 g/mol. The number of hydrogen-bond acceptors (Lipinski definition) is 6. The largest absolute Gasteiger partial charge is 0.387 e. The van der Waals surface area contributed by atoms with Gasteiger partial charge in [-0.2, -0.15) is 0 Å². The van der Waals surface area contributed by atoms with Gasteiger partial charge >= 0.3 is 0 Å². The van der Waals surface area contributed by atoms with Crippen LogP contribution < -0.4 is 0 Å². The molecule has 4 aromatic rings. The van der Waals surface area contributed by atoms with Crippen molar-refractivity contribution in [2.75, 3.05) is 0 Å². The van der Waals surface area contributed by atoms with Crippen LogP contribution in [0.3, 0.4) is 0 Å². The lowest BCUT2D eigenvalue weighted by Gasteiger charge is -2.21. The van der Waals surface area contributed by atoms with Gasteiger partial charge in [-0.3, -0.25) is 0 Å². The van der Waals surface area contributed by atoms with Gasteiger partial charge in [0, 0.05) is 30.3 Å². The van der Waals surface area contributed by atoms with E-state index in [9.17, 15) is 15.3 Å². The highest BCUT2D eigenvalue weighted by molar-refractivity contribution is 5.81. The van der Waals surface area contributed by atoms with Crippen molar-refractivity contribution in [3.8, 4) is 0 Å². The lowest BCUT2D eigenvalue weighted by molar-refractivity contribution is -0.0848. The van der Waals surface area contributed by atoms with Crippen LogP contribution in [0.15, 0.2) is 49.1 Å². The van der Waals surface area contributed by atoms with Crippen LogP contribution in [0.2, 0.25) is 0 Å². The SMILES string of the molecule is Cc1ncnc2c1ccn2[C@@H]1O[C@H]([C@H](O)c2ccc3ccn(C)c3c2)[C@@H](O)C1O. The topological polar surface area (TPSA) is 106 Å². The molecule has 0 aliphatic carbocycles. The Bertz CT molecular complexity index is 1200. The lowest BCUT2D eigenvalue weighted by atomic mass is 9.98. The van der Waals surface area contributed by atoms with Gasteiger partial charge in [-0.15, -0.1) is 0 Å². The van der Waals surface area contributed by atoms with E-state index < -0.39 is 30.6 Å². The van der Waals surface area contributed by atoms with Crippen LogP contribution >= 0.6 is 0 Å². The average Bonchev–Trinajstić information content (AvgIpc) is 3.39. The molecule has 0 spiro atoms. The van der Waals surface area contributed by atoms with E-state index in [2.05, 4.69) is 9.97 Å². The maximum atomic E-state index is 10.9. The molecule has 1 aliphatic rings. The Labute approximate surface area is 166 Å². The number of aliphatic hydroxyl groups is 3. The van der Waals surface area contributed by atoms with Crippen LogP contribution in [0.4, 0.5) is 0 Å². The third-order valence-corrected chi connectivity index (χ3v) is 5.82. The Hall–Kier alpha value is -2.78. The van der Waals surface area contributed by atoms with E-state index in [1.165, 1.54) is 6.33 Å². The Morgan fingerprint density at radius 1 is 1.07 bits per heavy atom. The molecular weight excluding hydrogens is 372 g/mol. The fraction of sp³-hybridized carbons (Fsp3) is 0.333. The zero-order valence-electron chi connectivity index (χ0n) is 16.0. The first-order valence-corrected chi connectivity index (χ1v) is 9.48. The molecule has 5 atom stereocenters. The van der Waals surface area contributed by atoms with Crippen LogP contribution in [0.5, 0.6) is 0 Å². The van der Waals surface area contributed by atoms with Gasteiger partial charge in [-0.05, 0) is 36.1 Å². The normalized spacial score (nSPS) is 25.8. The number of aliphatic hydroxyl groups excluding tert-OH is 3. The first kappa shape index (κ1) is 18.3. The summed E-state index contributed by atoms with van der Waals surface area (Å²) in [6.07, 6.45) is -0.252. The summed E-state index contributed by atoms with van der Waals surface area (Å²) in [6.45, 7) is 1.88. The second kappa shape index (κ2) is 6.64. The van der Waals surface area contributed by atoms with Crippen molar-refractivity contribution < 1.29 is 20.1 Å². The second-order valence-electron chi connectivity index (χ2n) is 7.58. The molecule has 4 heterocycles. The van der Waals surface area contributed by atoms with E-state index >= 15 is 0 Å². The molecule has 1 unspecified atom stereocenters. The Balaban J connectivity index is 1.48. The van der Waals surface area contributed by atoms with E-state index in [0.717, 1.165) is 22.0 Å². The first-order chi connectivity index (χ1) is 14.0. The molecule has 1 saturated heterocycles. The molecule has 0 radical (unpaired) electrons. The quantitative estimate of drug-likeness (QED) is 0.487. The maximum absolute atomic E-state index is 10.9. The minimum atomic E-state index is -1.25. The molecule has 150 valence electrons. The van der Waals surface area contributed by atoms with Crippen LogP contribution in [-0.4, -0.2) is 52.7 Å². The summed E-state index contributed by atoms with van der Waals surface area (Å²) in [4.78, 5) is 8.46. The molecule has 1 aliphatic heterocycles. The van der Waals surface area contributed by atoms with Gasteiger partial charge in [-0.25, -0.2) is 9.97 Å². The minimum Gasteiger partial charge on any atom is -0.387 e. The number of ether oxygens (including phenoxy) is 1. The van der Waals surface area contributed by atoms with Crippen molar-refractivity contribution in [2.24, 2.45) is 7.05 Å². The van der Waals surface area contributed by atoms with E-state index in [1.54, 1.807) is 10.8 Å². The predicted octanol–water partition coefficient (Wildman–Crippen LogP) is 1.58. The molecule has 3 aromatic heterocycles. The highest BCUT2D eigenvalue weighted by Crippen LogP contribution is 2.38. The highest BCUT2D eigenvalue weighted by atomic mass is 16.6. The van der Waals surface area contributed by atoms with Crippen molar-refractivity contribution in [1.82, 2.24) is 19.1 Å². The smallest absolute Gasteiger partial charge is 0.164 e. The van der Waals surface area contributed by atoms with Crippen molar-refractivity contribution in [3.05, 3.63) is 60.3 Å². The molecule has 5 rings (SSSR count). The molecule has 0 amide bonds. The molecule has 3 N–H and O–H groups in total. The number of aromatic nitrogens is 4. The van der Waals surface area contributed by atoms with E-state index in [-0.39, 0.29) is 0 Å². The molecule has 29 heavy (non-hydrogen) atoms. The summed E-state index contributed by atoms with van der Waals surface area (Å²) in [5.41, 5.74) is 3.00. The Kier molecular flexibility index (Phi) is 4.18. The van der Waals surface area contributed by atoms with E-state index in [0.29, 0.717) is 11.2 Å². The highest BCUT2D eigenvalue weighted by Gasteiger charge is 2.47. The molecule has 8 nitrogen and oxygen atoms in total. The Morgan fingerprint density at radius 3 is 2.72 bits per heavy atom. The summed E-state index contributed by atoms with van der Waals surface area (Å²) in [6, 6.07) is 9.44. The number of aryl methyl sites for hydroxylation is 2. The number of nitrogens with zero attached hydrogens (tertiary/aromatic N) is 4. The van der Waals surface area contributed by atoms with Crippen molar-refractivity contribution >= 4 is 21.9 Å². The summed E-state index contributed by atoms with van der Waals surface area (Å²) >= 11 is 0. The fourth-order valence-electron chi connectivity index (χ4n) is 4.13. The van der Waals surface area contributed by atoms with Gasteiger partial charge in [0.1, 0.15) is 36.4 Å². The van der Waals surface area contributed by atoms with E-state index in [4.69, 9.17) is 4.74 Å². The van der Waals surface area contributed by atoms with Crippen LogP contribution in [0, 0.1) is 6.92 Å². The molecule has 0 saturated carbocycles. The van der Waals surface area contributed by atoms with Crippen molar-refractivity contribution in [3.63, 3.8) is 0 Å². The third-order valence-electron chi connectivity index (χ3n) is 5.82. The van der Waals surface area contributed by atoms with Gasteiger partial charge in [0.15, 0.2) is 6.23 Å². The monoisotopic (exact) mass is 394 g/mol. The summed E-state index contributed by atoms with van der Waals surface area (Å²) in [7, 11) is 1.93. The van der Waals surface area contributed by atoms with Gasteiger partial charge in [0.05, 0.1) is 5.69 Å². The van der Waals surface area contributed by atoms with E-state index in [1.807, 2.05) is 55.1 Å². The summed E-state index contributed by atoms with van der Waals surface area (Å²) in [5.74, 6) is 0. The number of fused-ring (bicyclic) bond motifs is 2. The van der Waals surface area contributed by atoms with Crippen LogP contribution in [0.1, 0.15) is 23.6 Å². The molecule has 1 aromatic carbocycles. The van der Waals surface area contributed by atoms with Crippen molar-refractivity contribution in [2.45, 2.75) is 37.6 Å². The number of benzene rings is 1. The third kappa shape index (κ3) is 2.76. The first-order valence-electron chi connectivity index (χ1n) is 9.48. The van der Waals surface area contributed by atoms with Gasteiger partial charge in [-0.1, -0.05) is 12.1 Å². The molecular formula is C21H22N4O4. The Morgan fingerprint density at radius 2 is 1.90 bits per heavy atom. The summed E-state index contributed by atoms with van der Waals surface area (Å²) in [5, 5.41) is 34.1. The fourth-order valence-corrected chi connectivity index (χ4v) is 4.13. The van der Waals surface area contributed by atoms with Gasteiger partial charge < -0.3 is 29.2 Å². The van der Waals surface area contributed by atoms with Crippen molar-refractivity contribution in [1.29, 1.82) is 0 Å². The number of rotatable bonds is 3. The summed E-state index contributed by atoms with van der Waals surface area (Å²) < 4.78 is 9.60. The standard InChI is InChI=1S/C21H22N4O4/c1-11-14-6-8-25(20(14)23-10-22-11)21-18(28)17(27)19(29-21)16(26)13-4-3-12-5-7-24(2)15(12)9-13/h3-10,16-19,21,26-28H,1-2H3/t16-,17+,18?,19-,21-/m1/s1. The molecule has 0 bridgehead atoms. The zero-order valence-corrected chi connectivity index (χ0v) is 16.0. The minimum absolute atomic E-state index is 0.606. The van der Waals surface area contributed by atoms with Gasteiger partial charge in [0.2, 0.25) is 0 Å². The van der Waals surface area contributed by atoms with Gasteiger partial charge in [0.25, 0.3) is 0 Å². The predicted molar refractivity (Wildman–Crippen MR) is 106 cm³/mol. The molecule has 1 fully saturated rings. The lowest BCUT2D eigenvalue weighted by Crippen LogP contribution is -2.34. The maximum Gasteiger partial charge on any atom is 0.164 e. The molecule has 8 heteroatoms. The zero-order chi connectivity index (χ0) is 20.3. The number of hydrogen-bond donors (Lipinski definition) is 3. The van der Waals surface area contributed by atoms with Crippen LogP contribution in [-0.2, 0) is 11.8 Å². The van der Waals surface area contributed by atoms with Crippen LogP contribution in [0.25, 0.3) is 21.9 Å².